The molecule has 0 heteroatoms. The van der Waals surface area contributed by atoms with Crippen LogP contribution in [0.25, 0.3) is 0 Å². The van der Waals surface area contributed by atoms with Gasteiger partial charge in [-0.25, -0.2) is 0 Å². The first kappa shape index (κ1) is 16.3. The van der Waals surface area contributed by atoms with Crippen molar-refractivity contribution >= 4 is 0 Å². The van der Waals surface area contributed by atoms with E-state index in [0.717, 1.165) is 18.3 Å². The van der Waals surface area contributed by atoms with Gasteiger partial charge >= 0.3 is 0 Å². The van der Waals surface area contributed by atoms with E-state index in [0.29, 0.717) is 0 Å². The summed E-state index contributed by atoms with van der Waals surface area (Å²) >= 11 is 0. The number of rotatable bonds is 6. The van der Waals surface area contributed by atoms with Crippen molar-refractivity contribution in [3.63, 3.8) is 0 Å². The SMILES string of the molecule is CC1CCC1CCc1ccccc1.[CH2]CCCCC. The van der Waals surface area contributed by atoms with Crippen LogP contribution in [-0.2, 0) is 6.42 Å². The van der Waals surface area contributed by atoms with Gasteiger partial charge in [-0.2, -0.15) is 0 Å². The molecule has 107 valence electrons. The van der Waals surface area contributed by atoms with Gasteiger partial charge in [0.15, 0.2) is 0 Å². The molecule has 0 heterocycles. The topological polar surface area (TPSA) is 0 Å². The summed E-state index contributed by atoms with van der Waals surface area (Å²) in [6, 6.07) is 10.8. The van der Waals surface area contributed by atoms with E-state index in [1.165, 1.54) is 50.5 Å². The van der Waals surface area contributed by atoms with E-state index in [-0.39, 0.29) is 0 Å². The molecule has 2 atom stereocenters. The van der Waals surface area contributed by atoms with E-state index in [1.807, 2.05) is 0 Å². The molecule has 1 radical (unpaired) electrons. The lowest BCUT2D eigenvalue weighted by Gasteiger charge is -2.33. The lowest BCUT2D eigenvalue weighted by atomic mass is 9.72. The minimum Gasteiger partial charge on any atom is -0.0654 e. The summed E-state index contributed by atoms with van der Waals surface area (Å²) in [5, 5.41) is 0. The summed E-state index contributed by atoms with van der Waals surface area (Å²) in [5.74, 6) is 2.00. The molecule has 1 aliphatic carbocycles. The fraction of sp³-hybridized carbons (Fsp3) is 0.632. The van der Waals surface area contributed by atoms with Crippen molar-refractivity contribution in [1.29, 1.82) is 0 Å². The Hall–Kier alpha value is -0.780. The number of aryl methyl sites for hydroxylation is 1. The molecule has 19 heavy (non-hydrogen) atoms. The molecule has 2 unspecified atom stereocenters. The second kappa shape index (κ2) is 10.1. The van der Waals surface area contributed by atoms with Crippen LogP contribution in [0.1, 0.15) is 64.4 Å². The molecule has 0 aromatic heterocycles. The van der Waals surface area contributed by atoms with Crippen LogP contribution in [0.3, 0.4) is 0 Å². The van der Waals surface area contributed by atoms with Crippen LogP contribution in [0.4, 0.5) is 0 Å². The van der Waals surface area contributed by atoms with Crippen molar-refractivity contribution in [3.05, 3.63) is 42.8 Å². The second-order valence-corrected chi connectivity index (χ2v) is 5.90. The smallest absolute Gasteiger partial charge is 0.0276 e. The van der Waals surface area contributed by atoms with Crippen molar-refractivity contribution < 1.29 is 0 Å². The van der Waals surface area contributed by atoms with E-state index in [2.05, 4.69) is 51.1 Å². The number of hydrogen-bond acceptors (Lipinski definition) is 0. The number of benzene rings is 1. The predicted octanol–water partition coefficient (Wildman–Crippen LogP) is 6.07. The van der Waals surface area contributed by atoms with Gasteiger partial charge in [-0.1, -0.05) is 83.2 Å². The van der Waals surface area contributed by atoms with Gasteiger partial charge in [0, 0.05) is 0 Å². The summed E-state index contributed by atoms with van der Waals surface area (Å²) in [4.78, 5) is 0. The highest BCUT2D eigenvalue weighted by Crippen LogP contribution is 2.36. The van der Waals surface area contributed by atoms with Gasteiger partial charge in [0.05, 0.1) is 0 Å². The van der Waals surface area contributed by atoms with Crippen molar-refractivity contribution in [1.82, 2.24) is 0 Å². The van der Waals surface area contributed by atoms with Crippen LogP contribution in [-0.4, -0.2) is 0 Å². The minimum absolute atomic E-state index is 0.990. The largest absolute Gasteiger partial charge is 0.0654 e. The molecule has 1 aromatic rings. The molecular formula is C19H31. The Kier molecular flexibility index (Phi) is 8.62. The first-order valence-corrected chi connectivity index (χ1v) is 8.11. The van der Waals surface area contributed by atoms with Crippen LogP contribution in [0, 0.1) is 18.8 Å². The zero-order valence-corrected chi connectivity index (χ0v) is 12.9. The van der Waals surface area contributed by atoms with Gasteiger partial charge in [0.2, 0.25) is 0 Å². The molecule has 0 spiro atoms. The van der Waals surface area contributed by atoms with Crippen LogP contribution in [0.15, 0.2) is 30.3 Å². The molecule has 1 aliphatic rings. The quantitative estimate of drug-likeness (QED) is 0.544. The van der Waals surface area contributed by atoms with Crippen LogP contribution >= 0.6 is 0 Å². The first-order chi connectivity index (χ1) is 9.27. The van der Waals surface area contributed by atoms with E-state index >= 15 is 0 Å². The molecule has 0 aliphatic heterocycles. The second-order valence-electron chi connectivity index (χ2n) is 5.90. The van der Waals surface area contributed by atoms with E-state index < -0.39 is 0 Å². The van der Waals surface area contributed by atoms with Gasteiger partial charge in [-0.15, -0.1) is 0 Å². The van der Waals surface area contributed by atoms with Gasteiger partial charge < -0.3 is 0 Å². The summed E-state index contributed by atoms with van der Waals surface area (Å²) < 4.78 is 0. The predicted molar refractivity (Wildman–Crippen MR) is 86.2 cm³/mol. The third-order valence-electron chi connectivity index (χ3n) is 4.30. The van der Waals surface area contributed by atoms with Crippen molar-refractivity contribution in [3.8, 4) is 0 Å². The Balaban J connectivity index is 0.000000258. The van der Waals surface area contributed by atoms with Crippen molar-refractivity contribution in [2.24, 2.45) is 11.8 Å². The Morgan fingerprint density at radius 1 is 1.11 bits per heavy atom. The lowest BCUT2D eigenvalue weighted by Crippen LogP contribution is -2.23. The van der Waals surface area contributed by atoms with Crippen LogP contribution in [0.5, 0.6) is 0 Å². The number of hydrogen-bond donors (Lipinski definition) is 0. The average Bonchev–Trinajstić information content (AvgIpc) is 2.45. The normalized spacial score (nSPS) is 21.2. The van der Waals surface area contributed by atoms with Gasteiger partial charge in [0.25, 0.3) is 0 Å². The molecule has 0 amide bonds. The summed E-state index contributed by atoms with van der Waals surface area (Å²) in [6.45, 7) is 8.32. The van der Waals surface area contributed by atoms with Crippen molar-refractivity contribution in [2.45, 2.75) is 65.2 Å². The number of unbranched alkanes of at least 4 members (excludes halogenated alkanes) is 3. The summed E-state index contributed by atoms with van der Waals surface area (Å²) in [6.07, 6.45) is 10.7. The highest BCUT2D eigenvalue weighted by molar-refractivity contribution is 5.14. The van der Waals surface area contributed by atoms with Gasteiger partial charge in [-0.05, 0) is 36.7 Å². The molecular weight excluding hydrogens is 228 g/mol. The van der Waals surface area contributed by atoms with Crippen molar-refractivity contribution in [2.75, 3.05) is 0 Å². The van der Waals surface area contributed by atoms with Gasteiger partial charge in [0.1, 0.15) is 0 Å². The van der Waals surface area contributed by atoms with E-state index in [9.17, 15) is 0 Å². The summed E-state index contributed by atoms with van der Waals surface area (Å²) in [7, 11) is 0. The summed E-state index contributed by atoms with van der Waals surface area (Å²) in [5.41, 5.74) is 1.50. The van der Waals surface area contributed by atoms with Crippen LogP contribution < -0.4 is 0 Å². The molecule has 0 N–H and O–H groups in total. The fourth-order valence-corrected chi connectivity index (χ4v) is 2.59. The molecule has 0 nitrogen and oxygen atoms in total. The standard InChI is InChI=1S/C13H18.C6H13/c1-11-7-9-13(11)10-8-12-5-3-2-4-6-12;1-3-5-6-4-2/h2-6,11,13H,7-10H2,1H3;1,3-6H2,2H3. The Labute approximate surface area is 120 Å². The average molecular weight is 259 g/mol. The molecule has 0 saturated heterocycles. The molecule has 1 saturated carbocycles. The first-order valence-electron chi connectivity index (χ1n) is 8.11. The highest BCUT2D eigenvalue weighted by atomic mass is 14.3. The Bertz CT molecular complexity index is 297. The Morgan fingerprint density at radius 2 is 1.84 bits per heavy atom. The zero-order valence-electron chi connectivity index (χ0n) is 12.9. The van der Waals surface area contributed by atoms with Crippen LogP contribution in [0.2, 0.25) is 0 Å². The van der Waals surface area contributed by atoms with Gasteiger partial charge in [-0.3, -0.25) is 0 Å². The molecule has 0 bridgehead atoms. The Morgan fingerprint density at radius 3 is 2.26 bits per heavy atom. The monoisotopic (exact) mass is 259 g/mol. The lowest BCUT2D eigenvalue weighted by molar-refractivity contribution is 0.184. The molecule has 1 fully saturated rings. The maximum atomic E-state index is 3.72. The highest BCUT2D eigenvalue weighted by Gasteiger charge is 2.25. The maximum Gasteiger partial charge on any atom is -0.0276 e. The molecule has 2 rings (SSSR count). The maximum absolute atomic E-state index is 3.72. The molecule has 1 aromatic carbocycles. The fourth-order valence-electron chi connectivity index (χ4n) is 2.59. The minimum atomic E-state index is 0.990. The third-order valence-corrected chi connectivity index (χ3v) is 4.30. The van der Waals surface area contributed by atoms with E-state index in [4.69, 9.17) is 0 Å². The third kappa shape index (κ3) is 6.80. The zero-order chi connectivity index (χ0) is 13.9. The van der Waals surface area contributed by atoms with E-state index in [1.54, 1.807) is 0 Å².